The van der Waals surface area contributed by atoms with Crippen LogP contribution in [-0.2, 0) is 11.2 Å². The van der Waals surface area contributed by atoms with Crippen LogP contribution >= 0.6 is 11.6 Å². The van der Waals surface area contributed by atoms with Crippen LogP contribution in [-0.4, -0.2) is 47.0 Å². The Labute approximate surface area is 207 Å². The zero-order valence-electron chi connectivity index (χ0n) is 20.3. The van der Waals surface area contributed by atoms with Crippen LogP contribution in [0, 0.1) is 13.8 Å². The molecular formula is C28H33ClN4O. The molecule has 6 heteroatoms. The minimum Gasteiger partial charge on any atom is -0.354 e. The third kappa shape index (κ3) is 5.58. The third-order valence-electron chi connectivity index (χ3n) is 6.61. The SMILES string of the molecule is CCC(C(=O)N1CCCN(c2nc(C)nc(C)c2Cc2ccc(Cl)cc2)CC1)c1ccccc1. The molecule has 1 atom stereocenters. The quantitative estimate of drug-likeness (QED) is 0.466. The van der Waals surface area contributed by atoms with Crippen LogP contribution in [0.4, 0.5) is 5.82 Å². The van der Waals surface area contributed by atoms with Crippen molar-refractivity contribution in [2.24, 2.45) is 0 Å². The normalized spacial score (nSPS) is 15.2. The van der Waals surface area contributed by atoms with Crippen molar-refractivity contribution < 1.29 is 4.79 Å². The summed E-state index contributed by atoms with van der Waals surface area (Å²) in [6, 6.07) is 18.1. The van der Waals surface area contributed by atoms with E-state index in [2.05, 4.69) is 48.0 Å². The molecule has 1 aromatic heterocycles. The fraction of sp³-hybridized carbons (Fsp3) is 0.393. The van der Waals surface area contributed by atoms with E-state index >= 15 is 0 Å². The van der Waals surface area contributed by atoms with Gasteiger partial charge >= 0.3 is 0 Å². The van der Waals surface area contributed by atoms with E-state index < -0.39 is 0 Å². The first-order valence-corrected chi connectivity index (χ1v) is 12.5. The molecule has 0 aliphatic carbocycles. The van der Waals surface area contributed by atoms with Crippen molar-refractivity contribution >= 4 is 23.3 Å². The second-order valence-electron chi connectivity index (χ2n) is 9.00. The summed E-state index contributed by atoms with van der Waals surface area (Å²) in [4.78, 5) is 27.3. The van der Waals surface area contributed by atoms with E-state index in [0.29, 0.717) is 6.54 Å². The summed E-state index contributed by atoms with van der Waals surface area (Å²) in [6.45, 7) is 9.20. The molecule has 1 aliphatic rings. The van der Waals surface area contributed by atoms with Gasteiger partial charge < -0.3 is 9.80 Å². The maximum Gasteiger partial charge on any atom is 0.230 e. The summed E-state index contributed by atoms with van der Waals surface area (Å²) in [5, 5.41) is 0.735. The summed E-state index contributed by atoms with van der Waals surface area (Å²) in [7, 11) is 0. The Hall–Kier alpha value is -2.92. The van der Waals surface area contributed by atoms with Gasteiger partial charge in [-0.05, 0) is 49.9 Å². The van der Waals surface area contributed by atoms with Gasteiger partial charge in [-0.3, -0.25) is 4.79 Å². The second-order valence-corrected chi connectivity index (χ2v) is 9.44. The van der Waals surface area contributed by atoms with Crippen molar-refractivity contribution in [1.82, 2.24) is 14.9 Å². The molecule has 1 fully saturated rings. The molecule has 4 rings (SSSR count). The van der Waals surface area contributed by atoms with Gasteiger partial charge in [-0.15, -0.1) is 0 Å². The molecule has 2 aromatic carbocycles. The van der Waals surface area contributed by atoms with Crippen LogP contribution in [0.1, 0.15) is 53.9 Å². The zero-order valence-corrected chi connectivity index (χ0v) is 21.1. The summed E-state index contributed by atoms with van der Waals surface area (Å²) >= 11 is 6.08. The van der Waals surface area contributed by atoms with Crippen LogP contribution in [0.5, 0.6) is 0 Å². The number of aryl methyl sites for hydroxylation is 2. The van der Waals surface area contributed by atoms with Crippen LogP contribution in [0.2, 0.25) is 5.02 Å². The van der Waals surface area contributed by atoms with Gasteiger partial charge in [0.05, 0.1) is 5.92 Å². The lowest BCUT2D eigenvalue weighted by molar-refractivity contribution is -0.132. The Morgan fingerprint density at radius 3 is 2.41 bits per heavy atom. The van der Waals surface area contributed by atoms with Gasteiger partial charge in [0.2, 0.25) is 5.91 Å². The molecule has 1 amide bonds. The fourth-order valence-corrected chi connectivity index (χ4v) is 4.93. The van der Waals surface area contributed by atoms with E-state index in [1.165, 1.54) is 5.56 Å². The number of nitrogens with zero attached hydrogens (tertiary/aromatic N) is 4. The highest BCUT2D eigenvalue weighted by Gasteiger charge is 2.27. The number of anilines is 1. The molecule has 1 aliphatic heterocycles. The molecule has 2 heterocycles. The van der Waals surface area contributed by atoms with Crippen molar-refractivity contribution in [2.75, 3.05) is 31.1 Å². The highest BCUT2D eigenvalue weighted by Crippen LogP contribution is 2.27. The maximum absolute atomic E-state index is 13.4. The average molecular weight is 477 g/mol. The van der Waals surface area contributed by atoms with Crippen molar-refractivity contribution in [3.63, 3.8) is 0 Å². The van der Waals surface area contributed by atoms with Gasteiger partial charge in [0.25, 0.3) is 0 Å². The maximum atomic E-state index is 13.4. The molecule has 0 N–H and O–H groups in total. The number of amides is 1. The van der Waals surface area contributed by atoms with E-state index in [4.69, 9.17) is 16.6 Å². The Morgan fingerprint density at radius 1 is 0.971 bits per heavy atom. The van der Waals surface area contributed by atoms with Crippen LogP contribution in [0.15, 0.2) is 54.6 Å². The second kappa shape index (κ2) is 11.0. The lowest BCUT2D eigenvalue weighted by Crippen LogP contribution is -2.38. The minimum absolute atomic E-state index is 0.0863. The van der Waals surface area contributed by atoms with Gasteiger partial charge in [-0.2, -0.15) is 0 Å². The standard InChI is InChI=1S/C28H33ClN4O/c1-4-25(23-9-6-5-7-10-23)28(34)33-16-8-15-32(17-18-33)27-26(20(2)30-21(3)31-27)19-22-11-13-24(29)14-12-22/h5-7,9-14,25H,4,8,15-19H2,1-3H3. The molecule has 1 saturated heterocycles. The van der Waals surface area contributed by atoms with E-state index in [0.717, 1.165) is 72.4 Å². The molecule has 0 bridgehead atoms. The highest BCUT2D eigenvalue weighted by molar-refractivity contribution is 6.30. The predicted octanol–water partition coefficient (Wildman–Crippen LogP) is 5.57. The van der Waals surface area contributed by atoms with Crippen molar-refractivity contribution in [1.29, 1.82) is 0 Å². The van der Waals surface area contributed by atoms with Gasteiger partial charge in [0, 0.05) is 48.9 Å². The van der Waals surface area contributed by atoms with E-state index in [9.17, 15) is 4.79 Å². The average Bonchev–Trinajstić information content (AvgIpc) is 3.09. The smallest absolute Gasteiger partial charge is 0.230 e. The first kappa shape index (κ1) is 24.2. The fourth-order valence-electron chi connectivity index (χ4n) is 4.80. The molecule has 0 radical (unpaired) electrons. The van der Waals surface area contributed by atoms with Crippen molar-refractivity contribution in [3.05, 3.63) is 87.8 Å². The van der Waals surface area contributed by atoms with E-state index in [1.54, 1.807) is 0 Å². The summed E-state index contributed by atoms with van der Waals surface area (Å²) < 4.78 is 0. The van der Waals surface area contributed by atoms with E-state index in [-0.39, 0.29) is 11.8 Å². The molecule has 1 unspecified atom stereocenters. The number of carbonyl (C=O) groups is 1. The Morgan fingerprint density at radius 2 is 1.71 bits per heavy atom. The summed E-state index contributed by atoms with van der Waals surface area (Å²) in [5.41, 5.74) is 4.43. The van der Waals surface area contributed by atoms with Gasteiger partial charge in [0.1, 0.15) is 11.6 Å². The van der Waals surface area contributed by atoms with Gasteiger partial charge in [0.15, 0.2) is 0 Å². The first-order valence-electron chi connectivity index (χ1n) is 12.1. The lowest BCUT2D eigenvalue weighted by atomic mass is 9.95. The lowest BCUT2D eigenvalue weighted by Gasteiger charge is -2.27. The number of aromatic nitrogens is 2. The topological polar surface area (TPSA) is 49.3 Å². The number of hydrogen-bond acceptors (Lipinski definition) is 4. The minimum atomic E-state index is -0.0863. The number of hydrogen-bond donors (Lipinski definition) is 0. The number of halogens is 1. The van der Waals surface area contributed by atoms with Gasteiger partial charge in [-0.25, -0.2) is 9.97 Å². The van der Waals surface area contributed by atoms with Crippen LogP contribution in [0.25, 0.3) is 0 Å². The predicted molar refractivity (Wildman–Crippen MR) is 139 cm³/mol. The van der Waals surface area contributed by atoms with Crippen LogP contribution < -0.4 is 4.90 Å². The Kier molecular flexibility index (Phi) is 7.84. The molecular weight excluding hydrogens is 444 g/mol. The van der Waals surface area contributed by atoms with Crippen molar-refractivity contribution in [3.8, 4) is 0 Å². The number of benzene rings is 2. The van der Waals surface area contributed by atoms with E-state index in [1.807, 2.05) is 42.2 Å². The molecule has 0 spiro atoms. The molecule has 5 nitrogen and oxygen atoms in total. The summed E-state index contributed by atoms with van der Waals surface area (Å²) in [5.74, 6) is 1.91. The third-order valence-corrected chi connectivity index (χ3v) is 6.87. The summed E-state index contributed by atoms with van der Waals surface area (Å²) in [6.07, 6.45) is 2.47. The number of rotatable bonds is 6. The molecule has 0 saturated carbocycles. The zero-order chi connectivity index (χ0) is 24.1. The first-order chi connectivity index (χ1) is 16.5. The molecule has 3 aromatic rings. The Bertz CT molecular complexity index is 1120. The number of carbonyl (C=O) groups excluding carboxylic acids is 1. The van der Waals surface area contributed by atoms with Crippen molar-refractivity contribution in [2.45, 2.75) is 46.0 Å². The Balaban J connectivity index is 1.54. The molecule has 34 heavy (non-hydrogen) atoms. The monoisotopic (exact) mass is 476 g/mol. The van der Waals surface area contributed by atoms with Gasteiger partial charge in [-0.1, -0.05) is 61.0 Å². The van der Waals surface area contributed by atoms with Crippen LogP contribution in [0.3, 0.4) is 0 Å². The highest BCUT2D eigenvalue weighted by atomic mass is 35.5. The largest absolute Gasteiger partial charge is 0.354 e. The molecule has 178 valence electrons.